The van der Waals surface area contributed by atoms with Gasteiger partial charge in [0.1, 0.15) is 6.54 Å². The van der Waals surface area contributed by atoms with Gasteiger partial charge in [-0.2, -0.15) is 0 Å². The van der Waals surface area contributed by atoms with Crippen LogP contribution >= 0.6 is 31.9 Å². The predicted molar refractivity (Wildman–Crippen MR) is 95.7 cm³/mol. The summed E-state index contributed by atoms with van der Waals surface area (Å²) in [6.07, 6.45) is 6.42. The van der Waals surface area contributed by atoms with Gasteiger partial charge in [-0.25, -0.2) is 0 Å². The number of amides is 3. The van der Waals surface area contributed by atoms with Crippen LogP contribution in [-0.4, -0.2) is 44.9 Å². The van der Waals surface area contributed by atoms with E-state index in [1.54, 1.807) is 0 Å². The molecular weight excluding hydrogens is 440 g/mol. The van der Waals surface area contributed by atoms with Gasteiger partial charge in [-0.15, -0.1) is 0 Å². The van der Waals surface area contributed by atoms with Crippen LogP contribution in [0.3, 0.4) is 0 Å². The minimum absolute atomic E-state index is 0.111. The lowest BCUT2D eigenvalue weighted by molar-refractivity contribution is -0.144. The van der Waals surface area contributed by atoms with Crippen molar-refractivity contribution in [1.82, 2.24) is 10.2 Å². The first-order valence-electron chi connectivity index (χ1n) is 8.91. The standard InChI is InChI=1S/C17H22Br2N2O3/c18-14-9-6-10(15(14)19)13-12(9)16(23)21(17(13)24)7-11(22)20-8-4-2-1-3-5-8/h8-10,12-15H,1-7H2,(H,20,22). The Morgan fingerprint density at radius 1 is 1.00 bits per heavy atom. The van der Waals surface area contributed by atoms with Crippen molar-refractivity contribution in [1.29, 1.82) is 0 Å². The zero-order chi connectivity index (χ0) is 17.0. The fourth-order valence-electron chi connectivity index (χ4n) is 5.23. The van der Waals surface area contributed by atoms with Crippen LogP contribution < -0.4 is 5.32 Å². The average molecular weight is 462 g/mol. The molecular formula is C17H22Br2N2O3. The molecule has 6 atom stereocenters. The van der Waals surface area contributed by atoms with Crippen LogP contribution in [-0.2, 0) is 14.4 Å². The van der Waals surface area contributed by atoms with E-state index in [9.17, 15) is 14.4 Å². The molecule has 2 bridgehead atoms. The SMILES string of the molecule is O=C(CN1C(=O)C2C3CC(C(Br)C3Br)C2C1=O)NC1CCCCC1. The number of carbonyl (C=O) groups excluding carboxylic acids is 3. The van der Waals surface area contributed by atoms with Crippen LogP contribution in [0.15, 0.2) is 0 Å². The van der Waals surface area contributed by atoms with E-state index in [-0.39, 0.29) is 63.6 Å². The zero-order valence-electron chi connectivity index (χ0n) is 13.4. The van der Waals surface area contributed by atoms with Gasteiger partial charge in [-0.3, -0.25) is 19.3 Å². The largest absolute Gasteiger partial charge is 0.352 e. The highest BCUT2D eigenvalue weighted by Gasteiger charge is 2.66. The first-order valence-corrected chi connectivity index (χ1v) is 10.7. The maximum atomic E-state index is 12.8. The molecule has 1 aliphatic heterocycles. The molecule has 24 heavy (non-hydrogen) atoms. The molecule has 0 aromatic heterocycles. The quantitative estimate of drug-likeness (QED) is 0.517. The molecule has 3 saturated carbocycles. The lowest BCUT2D eigenvalue weighted by Gasteiger charge is -2.28. The minimum Gasteiger partial charge on any atom is -0.352 e. The van der Waals surface area contributed by atoms with Crippen molar-refractivity contribution in [2.24, 2.45) is 23.7 Å². The van der Waals surface area contributed by atoms with Gasteiger partial charge >= 0.3 is 0 Å². The van der Waals surface area contributed by atoms with Gasteiger partial charge in [0.2, 0.25) is 17.7 Å². The van der Waals surface area contributed by atoms with Crippen LogP contribution in [0.25, 0.3) is 0 Å². The molecule has 132 valence electrons. The molecule has 7 heteroatoms. The summed E-state index contributed by atoms with van der Waals surface area (Å²) in [6.45, 7) is -0.111. The molecule has 1 saturated heterocycles. The first kappa shape index (κ1) is 17.0. The van der Waals surface area contributed by atoms with E-state index in [0.29, 0.717) is 0 Å². The number of likely N-dealkylation sites (tertiary alicyclic amines) is 1. The molecule has 6 unspecified atom stereocenters. The van der Waals surface area contributed by atoms with Gasteiger partial charge in [0, 0.05) is 15.7 Å². The summed E-state index contributed by atoms with van der Waals surface area (Å²) in [6, 6.07) is 0.202. The molecule has 1 N–H and O–H groups in total. The van der Waals surface area contributed by atoms with Crippen molar-refractivity contribution in [2.75, 3.05) is 6.54 Å². The maximum absolute atomic E-state index is 12.8. The number of nitrogens with one attached hydrogen (secondary N) is 1. The Bertz CT molecular complexity index is 546. The van der Waals surface area contributed by atoms with Crippen LogP contribution in [0.5, 0.6) is 0 Å². The van der Waals surface area contributed by atoms with Crippen LogP contribution in [0.1, 0.15) is 38.5 Å². The summed E-state index contributed by atoms with van der Waals surface area (Å²) in [5.74, 6) is -0.534. The minimum atomic E-state index is -0.233. The molecule has 0 spiro atoms. The Labute approximate surface area is 158 Å². The van der Waals surface area contributed by atoms with E-state index >= 15 is 0 Å². The fourth-order valence-corrected chi connectivity index (χ4v) is 7.10. The number of carbonyl (C=O) groups is 3. The predicted octanol–water partition coefficient (Wildman–Crippen LogP) is 2.21. The maximum Gasteiger partial charge on any atom is 0.240 e. The fraction of sp³-hybridized carbons (Fsp3) is 0.824. The summed E-state index contributed by atoms with van der Waals surface area (Å²) in [4.78, 5) is 39.5. The van der Waals surface area contributed by atoms with Crippen LogP contribution in [0, 0.1) is 23.7 Å². The Hall–Kier alpha value is -0.430. The van der Waals surface area contributed by atoms with Gasteiger partial charge in [-0.1, -0.05) is 51.1 Å². The zero-order valence-corrected chi connectivity index (χ0v) is 16.6. The molecule has 0 aromatic rings. The van der Waals surface area contributed by atoms with E-state index in [1.165, 1.54) is 11.3 Å². The monoisotopic (exact) mass is 460 g/mol. The number of alkyl halides is 2. The van der Waals surface area contributed by atoms with E-state index in [2.05, 4.69) is 37.2 Å². The molecule has 3 amide bonds. The van der Waals surface area contributed by atoms with E-state index < -0.39 is 0 Å². The second-order valence-corrected chi connectivity index (χ2v) is 9.78. The Morgan fingerprint density at radius 3 is 2.08 bits per heavy atom. The van der Waals surface area contributed by atoms with Crippen LogP contribution in [0.4, 0.5) is 0 Å². The molecule has 1 heterocycles. The van der Waals surface area contributed by atoms with Crippen molar-refractivity contribution in [3.8, 4) is 0 Å². The average Bonchev–Trinajstić information content (AvgIpc) is 3.16. The van der Waals surface area contributed by atoms with Crippen LogP contribution in [0.2, 0.25) is 0 Å². The molecule has 0 aromatic carbocycles. The second kappa shape index (κ2) is 6.38. The second-order valence-electron chi connectivity index (χ2n) is 7.67. The normalized spacial score (nSPS) is 41.8. The van der Waals surface area contributed by atoms with E-state index in [4.69, 9.17) is 0 Å². The van der Waals surface area contributed by atoms with Crippen molar-refractivity contribution in [3.05, 3.63) is 0 Å². The van der Waals surface area contributed by atoms with Gasteiger partial charge in [0.15, 0.2) is 0 Å². The van der Waals surface area contributed by atoms with E-state index in [1.807, 2.05) is 0 Å². The number of imide groups is 1. The summed E-state index contributed by atoms with van der Waals surface area (Å²) in [5, 5.41) is 3.00. The highest BCUT2D eigenvalue weighted by atomic mass is 79.9. The summed E-state index contributed by atoms with van der Waals surface area (Å²) >= 11 is 7.35. The molecule has 3 aliphatic carbocycles. The molecule has 4 aliphatic rings. The number of nitrogens with zero attached hydrogens (tertiary/aromatic N) is 1. The van der Waals surface area contributed by atoms with Crippen molar-refractivity contribution < 1.29 is 14.4 Å². The van der Waals surface area contributed by atoms with Crippen molar-refractivity contribution in [3.63, 3.8) is 0 Å². The van der Waals surface area contributed by atoms with E-state index in [0.717, 1.165) is 32.1 Å². The Morgan fingerprint density at radius 2 is 1.54 bits per heavy atom. The molecule has 5 nitrogen and oxygen atoms in total. The van der Waals surface area contributed by atoms with Gasteiger partial charge in [-0.05, 0) is 31.1 Å². The van der Waals surface area contributed by atoms with Crippen molar-refractivity contribution in [2.45, 2.75) is 54.2 Å². The third-order valence-electron chi connectivity index (χ3n) is 6.35. The molecule has 0 radical (unpaired) electrons. The van der Waals surface area contributed by atoms with Gasteiger partial charge in [0.05, 0.1) is 11.8 Å². The highest BCUT2D eigenvalue weighted by Crippen LogP contribution is 2.60. The summed E-state index contributed by atoms with van der Waals surface area (Å²) in [5.41, 5.74) is 0. The lowest BCUT2D eigenvalue weighted by atomic mass is 9.81. The highest BCUT2D eigenvalue weighted by molar-refractivity contribution is 9.12. The number of hydrogen-bond donors (Lipinski definition) is 1. The Kier molecular flexibility index (Phi) is 4.52. The van der Waals surface area contributed by atoms with Gasteiger partial charge in [0.25, 0.3) is 0 Å². The van der Waals surface area contributed by atoms with Gasteiger partial charge < -0.3 is 5.32 Å². The topological polar surface area (TPSA) is 66.5 Å². The summed E-state index contributed by atoms with van der Waals surface area (Å²) < 4.78 is 0. The smallest absolute Gasteiger partial charge is 0.240 e. The number of hydrogen-bond acceptors (Lipinski definition) is 3. The Balaban J connectivity index is 1.43. The first-order chi connectivity index (χ1) is 11.5. The molecule has 4 fully saturated rings. The van der Waals surface area contributed by atoms with Crippen molar-refractivity contribution >= 4 is 49.6 Å². The summed E-state index contributed by atoms with van der Waals surface area (Å²) in [7, 11) is 0. The number of fused-ring (bicyclic) bond motifs is 5. The third kappa shape index (κ3) is 2.57. The lowest BCUT2D eigenvalue weighted by Crippen LogP contribution is -2.45. The number of halogens is 2. The third-order valence-corrected chi connectivity index (χ3v) is 9.56. The molecule has 4 rings (SSSR count). The number of rotatable bonds is 3.